The first-order valence-corrected chi connectivity index (χ1v) is 11.4. The molecule has 1 fully saturated rings. The van der Waals surface area contributed by atoms with Gasteiger partial charge in [-0.25, -0.2) is 0 Å². The van der Waals surface area contributed by atoms with E-state index in [4.69, 9.17) is 0 Å². The number of hydrogen-bond acceptors (Lipinski definition) is 2. The molecule has 1 aliphatic carbocycles. The van der Waals surface area contributed by atoms with Crippen LogP contribution in [-0.2, 0) is 0 Å². The van der Waals surface area contributed by atoms with Crippen molar-refractivity contribution in [3.05, 3.63) is 84.6 Å². The Balaban J connectivity index is 0.000000269. The van der Waals surface area contributed by atoms with Gasteiger partial charge in [0.2, 0.25) is 0 Å². The maximum absolute atomic E-state index is 3.65. The highest BCUT2D eigenvalue weighted by molar-refractivity contribution is 5.68. The number of rotatable bonds is 3. The van der Waals surface area contributed by atoms with E-state index in [0.29, 0.717) is 12.0 Å². The fraction of sp³-hybridized carbons (Fsp3) is 0.429. The van der Waals surface area contributed by atoms with Crippen LogP contribution in [0, 0.1) is 11.8 Å². The van der Waals surface area contributed by atoms with Crippen molar-refractivity contribution in [1.82, 2.24) is 10.2 Å². The van der Waals surface area contributed by atoms with E-state index in [1.54, 1.807) is 0 Å². The van der Waals surface area contributed by atoms with E-state index in [0.717, 1.165) is 5.92 Å². The molecule has 3 aliphatic rings. The Bertz CT molecular complexity index is 705. The van der Waals surface area contributed by atoms with Gasteiger partial charge >= 0.3 is 0 Å². The van der Waals surface area contributed by atoms with E-state index in [9.17, 15) is 0 Å². The number of benzene rings is 1. The summed E-state index contributed by atoms with van der Waals surface area (Å²) in [7, 11) is 2.20. The summed E-state index contributed by atoms with van der Waals surface area (Å²) in [6.07, 6.45) is 20.9. The summed E-state index contributed by atoms with van der Waals surface area (Å²) in [5.41, 5.74) is 3.89. The van der Waals surface area contributed by atoms with Crippen molar-refractivity contribution in [2.24, 2.45) is 11.8 Å². The second-order valence-electron chi connectivity index (χ2n) is 8.41. The van der Waals surface area contributed by atoms with Gasteiger partial charge in [0.15, 0.2) is 0 Å². The minimum absolute atomic E-state index is 0.340. The molecule has 0 aromatic heterocycles. The van der Waals surface area contributed by atoms with Crippen molar-refractivity contribution in [3.8, 4) is 0 Å². The lowest BCUT2D eigenvalue weighted by atomic mass is 9.99. The molecule has 2 nitrogen and oxygen atoms in total. The Morgan fingerprint density at radius 3 is 2.13 bits per heavy atom. The monoisotopic (exact) mass is 404 g/mol. The van der Waals surface area contributed by atoms with Gasteiger partial charge in [-0.15, -0.1) is 13.2 Å². The third-order valence-corrected chi connectivity index (χ3v) is 5.90. The van der Waals surface area contributed by atoms with Gasteiger partial charge < -0.3 is 10.2 Å². The van der Waals surface area contributed by atoms with E-state index < -0.39 is 0 Å². The van der Waals surface area contributed by atoms with Gasteiger partial charge in [0.05, 0.1) is 0 Å². The molecule has 1 aromatic carbocycles. The topological polar surface area (TPSA) is 15.3 Å². The number of piperidine rings is 1. The molecule has 1 N–H and O–H groups in total. The van der Waals surface area contributed by atoms with Crippen molar-refractivity contribution in [2.75, 3.05) is 20.1 Å². The molecule has 2 aliphatic heterocycles. The van der Waals surface area contributed by atoms with Crippen LogP contribution in [0.15, 0.2) is 73.5 Å². The third kappa shape index (κ3) is 7.50. The molecule has 162 valence electrons. The first-order valence-electron chi connectivity index (χ1n) is 11.4. The van der Waals surface area contributed by atoms with Crippen LogP contribution in [-0.4, -0.2) is 31.1 Å². The van der Waals surface area contributed by atoms with Crippen LogP contribution in [0.25, 0.3) is 12.2 Å². The van der Waals surface area contributed by atoms with Crippen molar-refractivity contribution in [2.45, 2.75) is 45.6 Å². The maximum Gasteiger partial charge on any atom is 0.0444 e. The zero-order chi connectivity index (χ0) is 21.8. The molecule has 30 heavy (non-hydrogen) atoms. The molecule has 1 saturated heterocycles. The lowest BCUT2D eigenvalue weighted by Crippen LogP contribution is -2.30. The predicted octanol–water partition coefficient (Wildman–Crippen LogP) is 6.71. The van der Waals surface area contributed by atoms with Crippen LogP contribution in [0.5, 0.6) is 0 Å². The molecular formula is C28H40N2. The van der Waals surface area contributed by atoms with Gasteiger partial charge in [0.25, 0.3) is 0 Å². The summed E-state index contributed by atoms with van der Waals surface area (Å²) in [6, 6.07) is 9.00. The standard InChI is InChI=1S/C19H21N.C7H15N.C2H4/c1-2-6-18-9-5-10-19(20-18)17-13-11-15-7-3-4-8-16(15)12-14-17;1-7-3-5-8(2)6-4-7;1-2/h3-5,7-14,17-18,20H,2,6H2,1H3;7H,3-6H2,1-2H3;1-2H2. The fourth-order valence-corrected chi connectivity index (χ4v) is 3.93. The summed E-state index contributed by atoms with van der Waals surface area (Å²) in [4.78, 5) is 2.40. The predicted molar refractivity (Wildman–Crippen MR) is 134 cm³/mol. The highest BCUT2D eigenvalue weighted by Crippen LogP contribution is 2.24. The summed E-state index contributed by atoms with van der Waals surface area (Å²) in [6.45, 7) is 13.2. The summed E-state index contributed by atoms with van der Waals surface area (Å²) in [5, 5.41) is 3.65. The van der Waals surface area contributed by atoms with Crippen LogP contribution in [0.3, 0.4) is 0 Å². The van der Waals surface area contributed by atoms with E-state index in [1.807, 2.05) is 0 Å². The summed E-state index contributed by atoms with van der Waals surface area (Å²) < 4.78 is 0. The van der Waals surface area contributed by atoms with Crippen LogP contribution in [0.4, 0.5) is 0 Å². The number of likely N-dealkylation sites (tertiary alicyclic amines) is 1. The second-order valence-corrected chi connectivity index (χ2v) is 8.41. The molecule has 2 heterocycles. The number of nitrogens with one attached hydrogen (secondary N) is 1. The first-order chi connectivity index (χ1) is 14.7. The molecule has 1 atom stereocenters. The van der Waals surface area contributed by atoms with Crippen LogP contribution < -0.4 is 5.32 Å². The van der Waals surface area contributed by atoms with Gasteiger partial charge in [-0.3, -0.25) is 0 Å². The van der Waals surface area contributed by atoms with Gasteiger partial charge in [-0.05, 0) is 62.5 Å². The van der Waals surface area contributed by atoms with E-state index in [1.165, 1.54) is 55.6 Å². The van der Waals surface area contributed by atoms with Gasteiger partial charge in [0.1, 0.15) is 0 Å². The zero-order valence-electron chi connectivity index (χ0n) is 19.2. The zero-order valence-corrected chi connectivity index (χ0v) is 19.2. The second kappa shape index (κ2) is 13.1. The molecule has 0 bridgehead atoms. The smallest absolute Gasteiger partial charge is 0.0444 e. The quantitative estimate of drug-likeness (QED) is 0.564. The molecule has 0 radical (unpaired) electrons. The van der Waals surface area contributed by atoms with Gasteiger partial charge in [0, 0.05) is 17.7 Å². The van der Waals surface area contributed by atoms with Crippen molar-refractivity contribution >= 4 is 12.2 Å². The average molecular weight is 405 g/mol. The number of dihydropyridines is 1. The van der Waals surface area contributed by atoms with Crippen LogP contribution in [0.1, 0.15) is 50.7 Å². The minimum atomic E-state index is 0.340. The highest BCUT2D eigenvalue weighted by Gasteiger charge is 2.15. The minimum Gasteiger partial charge on any atom is -0.381 e. The van der Waals surface area contributed by atoms with E-state index in [-0.39, 0.29) is 0 Å². The number of fused-ring (bicyclic) bond motifs is 1. The van der Waals surface area contributed by atoms with Crippen molar-refractivity contribution < 1.29 is 0 Å². The Morgan fingerprint density at radius 2 is 1.60 bits per heavy atom. The Kier molecular flexibility index (Phi) is 10.4. The number of nitrogens with zero attached hydrogens (tertiary/aromatic N) is 1. The lowest BCUT2D eigenvalue weighted by Gasteiger charge is -2.26. The van der Waals surface area contributed by atoms with E-state index >= 15 is 0 Å². The van der Waals surface area contributed by atoms with Crippen LogP contribution >= 0.6 is 0 Å². The lowest BCUT2D eigenvalue weighted by molar-refractivity contribution is 0.230. The Morgan fingerprint density at radius 1 is 1.00 bits per heavy atom. The molecule has 0 spiro atoms. The first kappa shape index (κ1) is 24.0. The molecule has 4 rings (SSSR count). The number of allylic oxidation sites excluding steroid dienone is 3. The molecule has 2 heteroatoms. The Hall–Kier alpha value is -2.32. The average Bonchev–Trinajstić information content (AvgIpc) is 3.01. The third-order valence-electron chi connectivity index (χ3n) is 5.90. The van der Waals surface area contributed by atoms with Gasteiger partial charge in [-0.2, -0.15) is 0 Å². The van der Waals surface area contributed by atoms with Crippen molar-refractivity contribution in [3.63, 3.8) is 0 Å². The molecular weight excluding hydrogens is 364 g/mol. The van der Waals surface area contributed by atoms with Crippen LogP contribution in [0.2, 0.25) is 0 Å². The molecule has 0 amide bonds. The fourth-order valence-electron chi connectivity index (χ4n) is 3.93. The normalized spacial score (nSPS) is 21.2. The maximum atomic E-state index is 3.65. The molecule has 1 unspecified atom stereocenters. The highest BCUT2D eigenvalue weighted by atomic mass is 15.1. The van der Waals surface area contributed by atoms with Crippen molar-refractivity contribution in [1.29, 1.82) is 0 Å². The molecule has 0 saturated carbocycles. The molecule has 1 aromatic rings. The van der Waals surface area contributed by atoms with E-state index in [2.05, 4.69) is 111 Å². The number of hydrogen-bond donors (Lipinski definition) is 1. The summed E-state index contributed by atoms with van der Waals surface area (Å²) in [5.74, 6) is 1.32. The SMILES string of the molecule is C=C.CC1CCN(C)CC1.CCCC1C=CC=C(C2C=Cc3ccccc3C=C2)N1. The summed E-state index contributed by atoms with van der Waals surface area (Å²) >= 11 is 0. The van der Waals surface area contributed by atoms with Gasteiger partial charge in [-0.1, -0.05) is 81.0 Å². The largest absolute Gasteiger partial charge is 0.381 e. The Labute approximate surface area is 184 Å².